The number of amides is 2. The fourth-order valence-electron chi connectivity index (χ4n) is 3.36. The maximum Gasteiger partial charge on any atom is 0.247 e. The molecular weight excluding hydrogens is 470 g/mol. The Kier molecular flexibility index (Phi) is 7.92. The third kappa shape index (κ3) is 6.78. The summed E-state index contributed by atoms with van der Waals surface area (Å²) in [6.07, 6.45) is 2.95. The van der Waals surface area contributed by atoms with Crippen LogP contribution in [0, 0.1) is 0 Å². The molecule has 1 aliphatic rings. The molecule has 4 rings (SSSR count). The van der Waals surface area contributed by atoms with E-state index in [0.717, 1.165) is 11.3 Å². The number of hydrogen-bond donors (Lipinski definition) is 2. The van der Waals surface area contributed by atoms with Crippen LogP contribution in [-0.2, 0) is 20.7 Å². The molecule has 0 radical (unpaired) electrons. The fourth-order valence-corrected chi connectivity index (χ4v) is 3.49. The molecule has 9 nitrogen and oxygen atoms in total. The van der Waals surface area contributed by atoms with Crippen molar-refractivity contribution in [2.45, 2.75) is 6.42 Å². The van der Waals surface area contributed by atoms with Crippen molar-refractivity contribution in [3.8, 4) is 11.6 Å². The van der Waals surface area contributed by atoms with E-state index in [2.05, 4.69) is 27.2 Å². The third-order valence-electron chi connectivity index (χ3n) is 5.14. The first kappa shape index (κ1) is 24.2. The minimum atomic E-state index is -0.329. The second-order valence-electron chi connectivity index (χ2n) is 7.66. The molecule has 2 N–H and O–H groups in total. The predicted molar refractivity (Wildman–Crippen MR) is 133 cm³/mol. The van der Waals surface area contributed by atoms with Crippen molar-refractivity contribution in [3.05, 3.63) is 78.0 Å². The van der Waals surface area contributed by atoms with E-state index in [1.165, 1.54) is 12.3 Å². The number of benzene rings is 2. The summed E-state index contributed by atoms with van der Waals surface area (Å²) in [4.78, 5) is 34.3. The zero-order valence-corrected chi connectivity index (χ0v) is 19.6. The largest absolute Gasteiger partial charge is 0.437 e. The van der Waals surface area contributed by atoms with Gasteiger partial charge in [0.1, 0.15) is 10.8 Å². The normalized spacial score (nSPS) is 13.1. The minimum absolute atomic E-state index is 0.0879. The van der Waals surface area contributed by atoms with Crippen molar-refractivity contribution in [2.75, 3.05) is 36.9 Å². The number of aromatic nitrogens is 2. The number of carbonyl (C=O) groups is 2. The molecule has 10 heteroatoms. The van der Waals surface area contributed by atoms with Crippen molar-refractivity contribution < 1.29 is 19.1 Å². The van der Waals surface area contributed by atoms with E-state index in [4.69, 9.17) is 21.1 Å². The molecule has 0 spiro atoms. The lowest BCUT2D eigenvalue weighted by molar-refractivity contribution is -0.134. The van der Waals surface area contributed by atoms with E-state index in [9.17, 15) is 9.59 Å². The molecule has 180 valence electrons. The van der Waals surface area contributed by atoms with Crippen molar-refractivity contribution in [2.24, 2.45) is 0 Å². The maximum atomic E-state index is 12.4. The number of morpholine rings is 1. The van der Waals surface area contributed by atoms with Gasteiger partial charge in [-0.1, -0.05) is 36.4 Å². The van der Waals surface area contributed by atoms with Gasteiger partial charge in [0.25, 0.3) is 0 Å². The second kappa shape index (κ2) is 11.5. The van der Waals surface area contributed by atoms with Crippen molar-refractivity contribution in [1.29, 1.82) is 0 Å². The zero-order chi connectivity index (χ0) is 24.6. The Morgan fingerprint density at radius 1 is 1.14 bits per heavy atom. The summed E-state index contributed by atoms with van der Waals surface area (Å²) in [5.41, 5.74) is 2.20. The highest BCUT2D eigenvalue weighted by molar-refractivity contribution is 6.31. The first-order chi connectivity index (χ1) is 17.0. The number of hydrogen-bond acceptors (Lipinski definition) is 7. The lowest BCUT2D eigenvalue weighted by Gasteiger charge is -2.26. The summed E-state index contributed by atoms with van der Waals surface area (Å²) in [5, 5.41) is 6.00. The van der Waals surface area contributed by atoms with Gasteiger partial charge in [0, 0.05) is 30.5 Å². The Labute approximate surface area is 207 Å². The number of nitrogens with one attached hydrogen (secondary N) is 2. The molecule has 0 bridgehead atoms. The molecule has 0 atom stereocenters. The van der Waals surface area contributed by atoms with E-state index in [1.54, 1.807) is 24.3 Å². The molecule has 0 aliphatic carbocycles. The van der Waals surface area contributed by atoms with Crippen LogP contribution in [0.4, 0.5) is 17.3 Å². The van der Waals surface area contributed by atoms with Crippen LogP contribution < -0.4 is 15.4 Å². The minimum Gasteiger partial charge on any atom is -0.437 e. The summed E-state index contributed by atoms with van der Waals surface area (Å²) >= 11 is 6.22. The summed E-state index contributed by atoms with van der Waals surface area (Å²) < 4.78 is 11.1. The van der Waals surface area contributed by atoms with Gasteiger partial charge in [-0.05, 0) is 35.9 Å². The quantitative estimate of drug-likeness (QED) is 0.453. The smallest absolute Gasteiger partial charge is 0.247 e. The van der Waals surface area contributed by atoms with Gasteiger partial charge in [-0.25, -0.2) is 4.98 Å². The van der Waals surface area contributed by atoms with Crippen LogP contribution in [0.2, 0.25) is 5.02 Å². The summed E-state index contributed by atoms with van der Waals surface area (Å²) in [6.45, 7) is 5.86. The number of halogens is 1. The van der Waals surface area contributed by atoms with Crippen LogP contribution in [-0.4, -0.2) is 53.0 Å². The van der Waals surface area contributed by atoms with Crippen LogP contribution >= 0.6 is 11.6 Å². The fraction of sp³-hybridized carbons (Fsp3) is 0.200. The highest BCUT2D eigenvalue weighted by Gasteiger charge is 2.17. The number of nitrogens with zero attached hydrogens (tertiary/aromatic N) is 3. The SMILES string of the molecule is C=CC(=O)Nc1cccc(Oc2nc(Nc3ccc(CC(=O)N4CCOCC4)cc3)ncc2Cl)c1. The molecule has 0 saturated carbocycles. The molecule has 35 heavy (non-hydrogen) atoms. The van der Waals surface area contributed by atoms with Gasteiger partial charge in [0.05, 0.1) is 25.8 Å². The Morgan fingerprint density at radius 2 is 1.91 bits per heavy atom. The molecular formula is C25H24ClN5O4. The first-order valence-electron chi connectivity index (χ1n) is 11.0. The maximum absolute atomic E-state index is 12.4. The molecule has 1 aromatic heterocycles. The van der Waals surface area contributed by atoms with Gasteiger partial charge in [-0.15, -0.1) is 0 Å². The lowest BCUT2D eigenvalue weighted by Crippen LogP contribution is -2.41. The van der Waals surface area contributed by atoms with Gasteiger partial charge in [0.2, 0.25) is 23.6 Å². The highest BCUT2D eigenvalue weighted by atomic mass is 35.5. The highest BCUT2D eigenvalue weighted by Crippen LogP contribution is 2.29. The Hall–Kier alpha value is -3.95. The molecule has 2 amide bonds. The molecule has 3 aromatic rings. The standard InChI is InChI=1S/C25H24ClN5O4/c1-2-22(32)28-19-4-3-5-20(15-19)35-24-21(26)16-27-25(30-24)29-18-8-6-17(7-9-18)14-23(33)31-10-12-34-13-11-31/h2-9,15-16H,1,10-14H2,(H,28,32)(H,27,29,30). The zero-order valence-electron chi connectivity index (χ0n) is 18.9. The van der Waals surface area contributed by atoms with E-state index in [0.29, 0.717) is 44.2 Å². The number of carbonyl (C=O) groups excluding carboxylic acids is 2. The Morgan fingerprint density at radius 3 is 2.66 bits per heavy atom. The van der Waals surface area contributed by atoms with Crippen LogP contribution in [0.1, 0.15) is 5.56 Å². The Balaban J connectivity index is 1.40. The second-order valence-corrected chi connectivity index (χ2v) is 8.07. The van der Waals surface area contributed by atoms with Crippen LogP contribution in [0.5, 0.6) is 11.6 Å². The molecule has 2 aromatic carbocycles. The topological polar surface area (TPSA) is 106 Å². The van der Waals surface area contributed by atoms with Gasteiger partial charge in [0.15, 0.2) is 0 Å². The molecule has 1 fully saturated rings. The van der Waals surface area contributed by atoms with Gasteiger partial charge in [-0.2, -0.15) is 4.98 Å². The third-order valence-corrected chi connectivity index (χ3v) is 5.40. The van der Waals surface area contributed by atoms with Crippen LogP contribution in [0.25, 0.3) is 0 Å². The molecule has 2 heterocycles. The van der Waals surface area contributed by atoms with Gasteiger partial charge in [-0.3, -0.25) is 9.59 Å². The molecule has 0 unspecified atom stereocenters. The molecule has 1 aliphatic heterocycles. The number of anilines is 3. The van der Waals surface area contributed by atoms with Crippen molar-refractivity contribution in [3.63, 3.8) is 0 Å². The van der Waals surface area contributed by atoms with E-state index < -0.39 is 0 Å². The summed E-state index contributed by atoms with van der Waals surface area (Å²) in [6, 6.07) is 14.3. The predicted octanol–water partition coefficient (Wildman–Crippen LogP) is 4.19. The average Bonchev–Trinajstić information content (AvgIpc) is 2.88. The average molecular weight is 494 g/mol. The van der Waals surface area contributed by atoms with Crippen LogP contribution in [0.3, 0.4) is 0 Å². The van der Waals surface area contributed by atoms with Gasteiger partial charge < -0.3 is 25.0 Å². The van der Waals surface area contributed by atoms with E-state index in [-0.39, 0.29) is 28.7 Å². The van der Waals surface area contributed by atoms with Crippen molar-refractivity contribution >= 4 is 40.7 Å². The number of ether oxygens (including phenoxy) is 2. The summed E-state index contributed by atoms with van der Waals surface area (Å²) in [5.74, 6) is 0.643. The first-order valence-corrected chi connectivity index (χ1v) is 11.3. The number of rotatable bonds is 8. The summed E-state index contributed by atoms with van der Waals surface area (Å²) in [7, 11) is 0. The monoisotopic (exact) mass is 493 g/mol. The van der Waals surface area contributed by atoms with E-state index >= 15 is 0 Å². The van der Waals surface area contributed by atoms with Crippen molar-refractivity contribution in [1.82, 2.24) is 14.9 Å². The van der Waals surface area contributed by atoms with Gasteiger partial charge >= 0.3 is 0 Å². The molecule has 1 saturated heterocycles. The van der Waals surface area contributed by atoms with E-state index in [1.807, 2.05) is 29.2 Å². The van der Waals surface area contributed by atoms with Crippen LogP contribution in [0.15, 0.2) is 67.4 Å². The Bertz CT molecular complexity index is 1210. The lowest BCUT2D eigenvalue weighted by atomic mass is 10.1.